The van der Waals surface area contributed by atoms with E-state index in [-0.39, 0.29) is 0 Å². The minimum absolute atomic E-state index is 1.23. The molecule has 0 aromatic heterocycles. The van der Waals surface area contributed by atoms with Gasteiger partial charge in [-0.3, -0.25) is 0 Å². The first-order chi connectivity index (χ1) is 16.0. The molecular formula is C32H30S. The molecular weight excluding hydrogens is 416 g/mol. The largest absolute Gasteiger partial charge is 0.105 e. The van der Waals surface area contributed by atoms with E-state index >= 15 is 0 Å². The zero-order chi connectivity index (χ0) is 23.2. The molecule has 0 aliphatic rings. The Morgan fingerprint density at radius 1 is 0.394 bits per heavy atom. The van der Waals surface area contributed by atoms with Crippen molar-refractivity contribution in [2.45, 2.75) is 27.7 Å². The van der Waals surface area contributed by atoms with Gasteiger partial charge in [-0.25, -0.2) is 0 Å². The average Bonchev–Trinajstić information content (AvgIpc) is 2.82. The number of rotatable bonds is 6. The van der Waals surface area contributed by atoms with Gasteiger partial charge >= 0.3 is 0 Å². The van der Waals surface area contributed by atoms with Gasteiger partial charge in [0.05, 0.1) is 0 Å². The van der Waals surface area contributed by atoms with Crippen LogP contribution in [0, 0.1) is 27.7 Å². The lowest BCUT2D eigenvalue weighted by molar-refractivity contribution is 1.43. The Balaban J connectivity index is 1.74. The van der Waals surface area contributed by atoms with Crippen LogP contribution >= 0.6 is 11.8 Å². The van der Waals surface area contributed by atoms with Crippen molar-refractivity contribution in [3.63, 3.8) is 0 Å². The van der Waals surface area contributed by atoms with Gasteiger partial charge in [-0.15, -0.1) is 11.8 Å². The molecule has 0 fully saturated rings. The number of thioether (sulfide) groups is 1. The lowest BCUT2D eigenvalue weighted by Crippen LogP contribution is -1.89. The molecule has 0 saturated heterocycles. The molecule has 0 atom stereocenters. The fourth-order valence-corrected chi connectivity index (χ4v) is 4.59. The van der Waals surface area contributed by atoms with Gasteiger partial charge in [0.2, 0.25) is 0 Å². The van der Waals surface area contributed by atoms with Gasteiger partial charge in [0.1, 0.15) is 0 Å². The molecule has 33 heavy (non-hydrogen) atoms. The summed E-state index contributed by atoms with van der Waals surface area (Å²) in [5.41, 5.74) is 12.5. The summed E-state index contributed by atoms with van der Waals surface area (Å²) in [5, 5.41) is 4.55. The van der Waals surface area contributed by atoms with E-state index < -0.39 is 0 Å². The summed E-state index contributed by atoms with van der Waals surface area (Å²) in [6.07, 6.45) is 0. The van der Waals surface area contributed by atoms with Crippen molar-refractivity contribution in [1.82, 2.24) is 0 Å². The van der Waals surface area contributed by atoms with Crippen LogP contribution in [0.4, 0.5) is 0 Å². The van der Waals surface area contributed by atoms with E-state index in [1.807, 2.05) is 0 Å². The van der Waals surface area contributed by atoms with Gasteiger partial charge in [0, 0.05) is 0 Å². The molecule has 164 valence electrons. The third-order valence-electron chi connectivity index (χ3n) is 5.82. The zero-order valence-electron chi connectivity index (χ0n) is 19.8. The first kappa shape index (κ1) is 22.9. The minimum atomic E-state index is 1.23. The normalized spacial score (nSPS) is 10.5. The summed E-state index contributed by atoms with van der Waals surface area (Å²) in [7, 11) is 0. The number of hydrogen-bond acceptors (Lipinski definition) is 1. The van der Waals surface area contributed by atoms with Crippen LogP contribution in [0.2, 0.25) is 0 Å². The Kier molecular flexibility index (Phi) is 7.32. The van der Waals surface area contributed by atoms with E-state index in [1.54, 1.807) is 11.8 Å². The maximum absolute atomic E-state index is 2.28. The average molecular weight is 447 g/mol. The molecule has 0 unspecified atom stereocenters. The Labute approximate surface area is 202 Å². The second-order valence-corrected chi connectivity index (χ2v) is 9.41. The smallest absolute Gasteiger partial charge is 0.00449 e. The van der Waals surface area contributed by atoms with E-state index in [4.69, 9.17) is 0 Å². The summed E-state index contributed by atoms with van der Waals surface area (Å²) >= 11 is 1.74. The number of aryl methyl sites for hydroxylation is 4. The van der Waals surface area contributed by atoms with Crippen LogP contribution in [-0.4, -0.2) is 0 Å². The zero-order valence-corrected chi connectivity index (χ0v) is 20.6. The molecule has 0 N–H and O–H groups in total. The summed E-state index contributed by atoms with van der Waals surface area (Å²) < 4.78 is 0. The molecule has 0 aliphatic carbocycles. The maximum Gasteiger partial charge on any atom is -0.00449 e. The molecule has 0 spiro atoms. The minimum Gasteiger partial charge on any atom is -0.105 e. The van der Waals surface area contributed by atoms with Crippen molar-refractivity contribution in [2.75, 3.05) is 0 Å². The van der Waals surface area contributed by atoms with Crippen molar-refractivity contribution in [3.8, 4) is 0 Å². The molecule has 4 rings (SSSR count). The van der Waals surface area contributed by atoms with Crippen LogP contribution in [0.5, 0.6) is 0 Å². The molecule has 0 aliphatic heterocycles. The van der Waals surface area contributed by atoms with Crippen molar-refractivity contribution in [2.24, 2.45) is 0 Å². The first-order valence-electron chi connectivity index (χ1n) is 11.3. The van der Waals surface area contributed by atoms with E-state index in [0.717, 1.165) is 0 Å². The van der Waals surface area contributed by atoms with E-state index in [0.29, 0.717) is 0 Å². The van der Waals surface area contributed by atoms with Crippen LogP contribution in [0.1, 0.15) is 44.5 Å². The highest BCUT2D eigenvalue weighted by Gasteiger charge is 2.08. The van der Waals surface area contributed by atoms with Gasteiger partial charge in [-0.2, -0.15) is 0 Å². The monoisotopic (exact) mass is 446 g/mol. The van der Waals surface area contributed by atoms with Crippen molar-refractivity contribution < 1.29 is 0 Å². The lowest BCUT2D eigenvalue weighted by atomic mass is 9.98. The molecule has 1 heteroatoms. The van der Waals surface area contributed by atoms with Crippen molar-refractivity contribution in [3.05, 3.63) is 152 Å². The van der Waals surface area contributed by atoms with Crippen LogP contribution < -0.4 is 0 Å². The van der Waals surface area contributed by atoms with E-state index in [2.05, 4.69) is 136 Å². The molecule has 0 saturated carbocycles. The number of benzene rings is 4. The van der Waals surface area contributed by atoms with Gasteiger partial charge in [-0.05, 0) is 71.9 Å². The Morgan fingerprint density at radius 2 is 0.606 bits per heavy atom. The molecule has 0 heterocycles. The van der Waals surface area contributed by atoms with Crippen molar-refractivity contribution in [1.29, 1.82) is 0 Å². The predicted octanol–water partition coefficient (Wildman–Crippen LogP) is 9.13. The maximum atomic E-state index is 2.28. The van der Waals surface area contributed by atoms with Gasteiger partial charge in [-0.1, -0.05) is 119 Å². The number of hydrogen-bond donors (Lipinski definition) is 0. The van der Waals surface area contributed by atoms with Gasteiger partial charge in [0.25, 0.3) is 0 Å². The third-order valence-corrected chi connectivity index (χ3v) is 6.57. The highest BCUT2D eigenvalue weighted by molar-refractivity contribution is 8.05. The van der Waals surface area contributed by atoms with Crippen LogP contribution in [0.3, 0.4) is 0 Å². The summed E-state index contributed by atoms with van der Waals surface area (Å²) in [5.74, 6) is 0. The quantitative estimate of drug-likeness (QED) is 0.284. The first-order valence-corrected chi connectivity index (χ1v) is 12.3. The highest BCUT2D eigenvalue weighted by Crippen LogP contribution is 2.31. The van der Waals surface area contributed by atoms with Crippen LogP contribution in [0.15, 0.2) is 108 Å². The van der Waals surface area contributed by atoms with Gasteiger partial charge < -0.3 is 0 Å². The molecule has 4 aromatic carbocycles. The molecule has 0 amide bonds. The second kappa shape index (κ2) is 10.6. The highest BCUT2D eigenvalue weighted by atomic mass is 32.2. The van der Waals surface area contributed by atoms with Crippen molar-refractivity contribution >= 4 is 22.9 Å². The molecule has 0 bridgehead atoms. The third kappa shape index (κ3) is 5.94. The fraction of sp³-hybridized carbons (Fsp3) is 0.125. The fourth-order valence-electron chi connectivity index (χ4n) is 3.71. The van der Waals surface area contributed by atoms with E-state index in [9.17, 15) is 0 Å². The topological polar surface area (TPSA) is 0 Å². The Bertz CT molecular complexity index is 1060. The molecule has 0 radical (unpaired) electrons. The summed E-state index contributed by atoms with van der Waals surface area (Å²) in [4.78, 5) is 0. The Hall–Kier alpha value is -3.29. The summed E-state index contributed by atoms with van der Waals surface area (Å²) in [6, 6.07) is 35.2. The summed E-state index contributed by atoms with van der Waals surface area (Å²) in [6.45, 7) is 8.52. The standard InChI is InChI=1S/C32H30S/c1-23-5-13-27(14-6-23)31(28-15-7-24(2)8-16-28)21-33-22-32(29-17-9-25(3)10-18-29)30-19-11-26(4)12-20-30/h5-22H,1-4H3. The lowest BCUT2D eigenvalue weighted by Gasteiger charge is -2.11. The van der Waals surface area contributed by atoms with Crippen LogP contribution in [0.25, 0.3) is 11.1 Å². The molecule has 0 nitrogen and oxygen atoms in total. The SMILES string of the molecule is Cc1ccc(C(=CSC=C(c2ccc(C)cc2)c2ccc(C)cc2)c2ccc(C)cc2)cc1. The van der Waals surface area contributed by atoms with E-state index in [1.165, 1.54) is 55.7 Å². The Morgan fingerprint density at radius 3 is 0.818 bits per heavy atom. The van der Waals surface area contributed by atoms with Crippen LogP contribution in [-0.2, 0) is 0 Å². The predicted molar refractivity (Wildman–Crippen MR) is 146 cm³/mol. The molecule has 4 aromatic rings. The second-order valence-electron chi connectivity index (χ2n) is 8.66. The van der Waals surface area contributed by atoms with Gasteiger partial charge in [0.15, 0.2) is 0 Å².